The summed E-state index contributed by atoms with van der Waals surface area (Å²) in [4.78, 5) is 24.7. The number of nitrogens with one attached hydrogen (secondary N) is 1. The highest BCUT2D eigenvalue weighted by Crippen LogP contribution is 2.64. The van der Waals surface area contributed by atoms with Gasteiger partial charge in [0.25, 0.3) is 5.91 Å². The average molecular weight is 400 g/mol. The Morgan fingerprint density at radius 1 is 1.21 bits per heavy atom. The third kappa shape index (κ3) is 3.24. The molecule has 1 heterocycles. The van der Waals surface area contributed by atoms with Crippen molar-refractivity contribution in [3.63, 3.8) is 0 Å². The molecule has 5 nitrogen and oxygen atoms in total. The van der Waals surface area contributed by atoms with Crippen molar-refractivity contribution in [3.8, 4) is 0 Å². The number of alkyl halides is 1. The van der Waals surface area contributed by atoms with E-state index in [-0.39, 0.29) is 34.3 Å². The largest absolute Gasteiger partial charge is 0.455 e. The summed E-state index contributed by atoms with van der Waals surface area (Å²) in [6, 6.07) is 0. The molecule has 0 aromatic heterocycles. The number of esters is 1. The molecule has 3 atom stereocenters. The van der Waals surface area contributed by atoms with Crippen molar-refractivity contribution < 1.29 is 19.1 Å². The molecule has 134 valence electrons. The van der Waals surface area contributed by atoms with Gasteiger partial charge in [-0.05, 0) is 63.2 Å². The maximum absolute atomic E-state index is 12.8. The molecule has 4 saturated carbocycles. The summed E-state index contributed by atoms with van der Waals surface area (Å²) in [5.74, 6) is 0.878. The summed E-state index contributed by atoms with van der Waals surface area (Å²) < 4.78 is 11.0. The van der Waals surface area contributed by atoms with Crippen LogP contribution in [0, 0.1) is 17.3 Å². The smallest absolute Gasteiger partial charge is 0.312 e. The van der Waals surface area contributed by atoms with E-state index in [2.05, 4.69) is 21.2 Å². The highest BCUT2D eigenvalue weighted by Gasteiger charge is 2.60. The van der Waals surface area contributed by atoms with Gasteiger partial charge in [-0.15, -0.1) is 0 Å². The van der Waals surface area contributed by atoms with Crippen LogP contribution >= 0.6 is 15.9 Å². The SMILES string of the molecule is O=C(COC(=O)C12C[C@@H]3C[C@H](CC(Br)(C3)C1)C2)NC[C@H]1CCCO1. The first kappa shape index (κ1) is 16.8. The van der Waals surface area contributed by atoms with Crippen LogP contribution in [0.5, 0.6) is 0 Å². The number of rotatable bonds is 5. The van der Waals surface area contributed by atoms with Crippen LogP contribution in [0.2, 0.25) is 0 Å². The number of ether oxygens (including phenoxy) is 2. The van der Waals surface area contributed by atoms with Gasteiger partial charge in [-0.1, -0.05) is 15.9 Å². The summed E-state index contributed by atoms with van der Waals surface area (Å²) in [6.45, 7) is 1.11. The first-order valence-corrected chi connectivity index (χ1v) is 10.0. The molecule has 1 saturated heterocycles. The zero-order valence-corrected chi connectivity index (χ0v) is 15.6. The van der Waals surface area contributed by atoms with Crippen molar-refractivity contribution in [2.45, 2.75) is 61.8 Å². The lowest BCUT2D eigenvalue weighted by Gasteiger charge is -2.58. The Hall–Kier alpha value is -0.620. The van der Waals surface area contributed by atoms with E-state index in [4.69, 9.17) is 9.47 Å². The van der Waals surface area contributed by atoms with Gasteiger partial charge in [-0.2, -0.15) is 0 Å². The molecular formula is C18H26BrNO4. The molecule has 1 N–H and O–H groups in total. The van der Waals surface area contributed by atoms with Crippen molar-refractivity contribution in [1.29, 1.82) is 0 Å². The molecule has 1 amide bonds. The Labute approximate surface area is 151 Å². The van der Waals surface area contributed by atoms with Crippen LogP contribution in [0.25, 0.3) is 0 Å². The Morgan fingerprint density at radius 2 is 1.96 bits per heavy atom. The van der Waals surface area contributed by atoms with Crippen LogP contribution in [0.4, 0.5) is 0 Å². The van der Waals surface area contributed by atoms with E-state index in [1.807, 2.05) is 0 Å². The maximum Gasteiger partial charge on any atom is 0.312 e. The lowest BCUT2D eigenvalue weighted by molar-refractivity contribution is -0.171. The molecule has 4 aliphatic carbocycles. The van der Waals surface area contributed by atoms with Gasteiger partial charge in [-0.25, -0.2) is 0 Å². The summed E-state index contributed by atoms with van der Waals surface area (Å²) in [5.41, 5.74) is -0.359. The second-order valence-corrected chi connectivity index (χ2v) is 10.1. The first-order valence-electron chi connectivity index (χ1n) is 9.21. The van der Waals surface area contributed by atoms with Crippen molar-refractivity contribution in [1.82, 2.24) is 5.32 Å². The van der Waals surface area contributed by atoms with Gasteiger partial charge in [0.15, 0.2) is 6.61 Å². The standard InChI is InChI=1S/C18H26BrNO4/c19-18-7-12-4-13(8-18)6-17(5-12,11-18)16(22)24-10-15(21)20-9-14-2-1-3-23-14/h12-14H,1-11H2,(H,20,21)/t12-,13-,14+,17?,18?/m0/s1. The number of amides is 1. The minimum absolute atomic E-state index is 0.112. The van der Waals surface area contributed by atoms with E-state index >= 15 is 0 Å². The van der Waals surface area contributed by atoms with Crippen molar-refractivity contribution in [2.75, 3.05) is 19.8 Å². The molecule has 1 aliphatic heterocycles. The second kappa shape index (κ2) is 6.27. The van der Waals surface area contributed by atoms with Crippen LogP contribution in [-0.2, 0) is 19.1 Å². The highest BCUT2D eigenvalue weighted by molar-refractivity contribution is 9.10. The quantitative estimate of drug-likeness (QED) is 0.569. The third-order valence-electron chi connectivity index (χ3n) is 6.31. The van der Waals surface area contributed by atoms with Crippen LogP contribution < -0.4 is 5.32 Å². The van der Waals surface area contributed by atoms with E-state index < -0.39 is 0 Å². The maximum atomic E-state index is 12.8. The van der Waals surface area contributed by atoms with Crippen molar-refractivity contribution in [3.05, 3.63) is 0 Å². The van der Waals surface area contributed by atoms with Crippen LogP contribution in [0.1, 0.15) is 51.4 Å². The van der Waals surface area contributed by atoms with Gasteiger partial charge >= 0.3 is 5.97 Å². The number of halogens is 1. The van der Waals surface area contributed by atoms with Gasteiger partial charge in [0.05, 0.1) is 11.5 Å². The van der Waals surface area contributed by atoms with E-state index in [1.165, 1.54) is 19.3 Å². The Morgan fingerprint density at radius 3 is 2.58 bits per heavy atom. The Balaban J connectivity index is 1.29. The number of carbonyl (C=O) groups is 2. The highest BCUT2D eigenvalue weighted by atomic mass is 79.9. The van der Waals surface area contributed by atoms with E-state index in [0.29, 0.717) is 18.4 Å². The zero-order chi connectivity index (χ0) is 16.8. The summed E-state index contributed by atoms with van der Waals surface area (Å²) in [6.07, 6.45) is 8.50. The molecule has 0 unspecified atom stereocenters. The molecule has 0 aromatic rings. The third-order valence-corrected chi connectivity index (χ3v) is 7.24. The predicted octanol–water partition coefficient (Wildman–Crippen LogP) is 2.56. The van der Waals surface area contributed by atoms with Crippen molar-refractivity contribution in [2.24, 2.45) is 17.3 Å². The van der Waals surface area contributed by atoms with Gasteiger partial charge < -0.3 is 14.8 Å². The zero-order valence-electron chi connectivity index (χ0n) is 14.0. The molecule has 5 aliphatic rings. The van der Waals surface area contributed by atoms with Gasteiger partial charge in [-0.3, -0.25) is 9.59 Å². The second-order valence-electron chi connectivity index (χ2n) is 8.41. The minimum atomic E-state index is -0.359. The van der Waals surface area contributed by atoms with Gasteiger partial charge in [0.1, 0.15) is 0 Å². The predicted molar refractivity (Wildman–Crippen MR) is 91.7 cm³/mol. The molecule has 24 heavy (non-hydrogen) atoms. The minimum Gasteiger partial charge on any atom is -0.455 e. The van der Waals surface area contributed by atoms with E-state index in [0.717, 1.165) is 38.7 Å². The summed E-state index contributed by atoms with van der Waals surface area (Å²) in [7, 11) is 0. The molecule has 0 spiro atoms. The van der Waals surface area contributed by atoms with E-state index in [9.17, 15) is 9.59 Å². The average Bonchev–Trinajstić information content (AvgIpc) is 3.01. The fourth-order valence-electron chi connectivity index (χ4n) is 5.76. The monoisotopic (exact) mass is 399 g/mol. The van der Waals surface area contributed by atoms with Crippen LogP contribution in [0.15, 0.2) is 0 Å². The number of carbonyl (C=O) groups excluding carboxylic acids is 2. The molecule has 6 heteroatoms. The van der Waals surface area contributed by atoms with E-state index in [1.54, 1.807) is 0 Å². The summed E-state index contributed by atoms with van der Waals surface area (Å²) in [5, 5.41) is 2.81. The summed E-state index contributed by atoms with van der Waals surface area (Å²) >= 11 is 3.90. The molecular weight excluding hydrogens is 374 g/mol. The Kier molecular flexibility index (Phi) is 4.40. The molecule has 0 radical (unpaired) electrons. The first-order chi connectivity index (χ1) is 11.5. The lowest BCUT2D eigenvalue weighted by Crippen LogP contribution is -2.56. The van der Waals surface area contributed by atoms with Crippen LogP contribution in [0.3, 0.4) is 0 Å². The molecule has 0 aromatic carbocycles. The van der Waals surface area contributed by atoms with Crippen molar-refractivity contribution >= 4 is 27.8 Å². The molecule has 5 rings (SSSR count). The number of hydrogen-bond donors (Lipinski definition) is 1. The Bertz CT molecular complexity index is 517. The van der Waals surface area contributed by atoms with Crippen LogP contribution in [-0.4, -0.2) is 42.1 Å². The molecule has 5 fully saturated rings. The topological polar surface area (TPSA) is 64.6 Å². The number of hydrogen-bond acceptors (Lipinski definition) is 4. The normalized spacial score (nSPS) is 43.0. The fraction of sp³-hybridized carbons (Fsp3) is 0.889. The molecule has 4 bridgehead atoms. The van der Waals surface area contributed by atoms with Gasteiger partial charge in [0, 0.05) is 17.5 Å². The fourth-order valence-corrected chi connectivity index (χ4v) is 7.21. The van der Waals surface area contributed by atoms with Gasteiger partial charge in [0.2, 0.25) is 0 Å². The lowest BCUT2D eigenvalue weighted by atomic mass is 9.49.